The number of ether oxygens (including phenoxy) is 1. The fraction of sp³-hybridized carbons (Fsp3) is 0.429. The third-order valence-electron chi connectivity index (χ3n) is 2.85. The monoisotopic (exact) mass is 247 g/mol. The molecule has 1 aromatic carbocycles. The second-order valence-corrected chi connectivity index (χ2v) is 4.22. The van der Waals surface area contributed by atoms with Crippen LogP contribution in [0.25, 0.3) is 0 Å². The van der Waals surface area contributed by atoms with Crippen molar-refractivity contribution in [2.75, 3.05) is 0 Å². The van der Waals surface area contributed by atoms with Crippen LogP contribution in [-0.4, -0.2) is 12.3 Å². The first-order valence-corrected chi connectivity index (χ1v) is 6.16. The first kappa shape index (κ1) is 14.2. The van der Waals surface area contributed by atoms with Gasteiger partial charge in [0.15, 0.2) is 0 Å². The molecule has 18 heavy (non-hydrogen) atoms. The van der Waals surface area contributed by atoms with E-state index < -0.39 is 0 Å². The smallest absolute Gasteiger partial charge is 0.418 e. The molecule has 0 aliphatic heterocycles. The van der Waals surface area contributed by atoms with Gasteiger partial charge in [0.1, 0.15) is 11.9 Å². The minimum Gasteiger partial charge on any atom is -0.449 e. The van der Waals surface area contributed by atoms with Gasteiger partial charge in [-0.3, -0.25) is 5.41 Å². The number of nitrogens with one attached hydrogen (secondary N) is 1. The van der Waals surface area contributed by atoms with E-state index in [1.54, 1.807) is 12.1 Å². The van der Waals surface area contributed by atoms with Gasteiger partial charge >= 0.3 is 6.47 Å². The number of unbranched alkanes of at least 4 members (excludes halogenated alkanes) is 2. The van der Waals surface area contributed by atoms with Gasteiger partial charge in [-0.2, -0.15) is 0 Å². The van der Waals surface area contributed by atoms with Crippen molar-refractivity contribution in [3.63, 3.8) is 0 Å². The van der Waals surface area contributed by atoms with Gasteiger partial charge in [0, 0.05) is 5.56 Å². The second kappa shape index (κ2) is 7.48. The van der Waals surface area contributed by atoms with Crippen LogP contribution in [-0.2, 0) is 9.53 Å². The van der Waals surface area contributed by atoms with Crippen LogP contribution < -0.4 is 5.73 Å². The molecule has 0 bridgehead atoms. The number of carbonyl (C=O) groups excluding carboxylic acids is 1. The highest BCUT2D eigenvalue weighted by Crippen LogP contribution is 2.23. The van der Waals surface area contributed by atoms with Crippen LogP contribution >= 0.6 is 0 Å². The zero-order valence-corrected chi connectivity index (χ0v) is 10.6. The van der Waals surface area contributed by atoms with Crippen molar-refractivity contribution in [3.05, 3.63) is 35.4 Å². The number of hydrogen-bond acceptors (Lipinski definition) is 3. The van der Waals surface area contributed by atoms with Crippen LogP contribution in [0.4, 0.5) is 0 Å². The van der Waals surface area contributed by atoms with Crippen molar-refractivity contribution in [1.82, 2.24) is 0 Å². The molecule has 0 heterocycles. The molecule has 1 atom stereocenters. The minimum absolute atomic E-state index is 0.0342. The normalized spacial score (nSPS) is 11.8. The number of nitrogens with two attached hydrogens (primary N) is 1. The Morgan fingerprint density at radius 1 is 1.39 bits per heavy atom. The Morgan fingerprint density at radius 2 is 2.06 bits per heavy atom. The highest BCUT2D eigenvalue weighted by atomic mass is 16.5. The lowest BCUT2D eigenvalue weighted by molar-refractivity contribution is 0.166. The lowest BCUT2D eigenvalue weighted by atomic mass is 10.0. The number of benzene rings is 1. The van der Waals surface area contributed by atoms with Crippen molar-refractivity contribution in [2.45, 2.75) is 38.7 Å². The van der Waals surface area contributed by atoms with E-state index in [2.05, 4.69) is 6.92 Å². The predicted octanol–water partition coefficient (Wildman–Crippen LogP) is 2.68. The molecule has 0 aliphatic rings. The maximum absolute atomic E-state index is 10.4. The summed E-state index contributed by atoms with van der Waals surface area (Å²) >= 11 is 0. The molecule has 0 saturated heterocycles. The summed E-state index contributed by atoms with van der Waals surface area (Å²) in [5.74, 6) is 0.0342. The Balaban J connectivity index is 2.71. The number of amidine groups is 1. The summed E-state index contributed by atoms with van der Waals surface area (Å²) in [7, 11) is 0. The fourth-order valence-electron chi connectivity index (χ4n) is 1.81. The summed E-state index contributed by atoms with van der Waals surface area (Å²) in [6.07, 6.45) is 3.79. The van der Waals surface area contributed by atoms with Crippen molar-refractivity contribution in [2.24, 2.45) is 5.73 Å². The quantitative estimate of drug-likeness (QED) is 0.421. The van der Waals surface area contributed by atoms with Gasteiger partial charge in [0.05, 0.1) is 0 Å². The summed E-state index contributed by atoms with van der Waals surface area (Å²) < 4.78 is 4.98. The highest BCUT2D eigenvalue weighted by molar-refractivity contribution is 5.94. The summed E-state index contributed by atoms with van der Waals surface area (Å²) in [5, 5.41) is 7.31. The van der Waals surface area contributed by atoms with Gasteiger partial charge in [-0.05, 0) is 18.4 Å². The van der Waals surface area contributed by atoms with E-state index in [0.717, 1.165) is 31.2 Å². The SMILES string of the molecule is CCCCCC(O[C]=O)c1ccc(C(=N)N)cc1. The summed E-state index contributed by atoms with van der Waals surface area (Å²) in [6, 6.07) is 7.20. The first-order valence-electron chi connectivity index (χ1n) is 6.16. The fourth-order valence-corrected chi connectivity index (χ4v) is 1.81. The van der Waals surface area contributed by atoms with E-state index in [0.29, 0.717) is 5.56 Å². The Kier molecular flexibility index (Phi) is 5.91. The lowest BCUT2D eigenvalue weighted by Gasteiger charge is -2.15. The molecule has 1 unspecified atom stereocenters. The maximum atomic E-state index is 10.4. The lowest BCUT2D eigenvalue weighted by Crippen LogP contribution is -2.11. The molecule has 4 nitrogen and oxygen atoms in total. The topological polar surface area (TPSA) is 76.2 Å². The summed E-state index contributed by atoms with van der Waals surface area (Å²) in [4.78, 5) is 10.4. The number of rotatable bonds is 8. The molecular formula is C14H19N2O2. The van der Waals surface area contributed by atoms with Crippen LogP contribution in [0, 0.1) is 5.41 Å². The van der Waals surface area contributed by atoms with Crippen LogP contribution in [0.3, 0.4) is 0 Å². The standard InChI is InChI=1S/C14H19N2O2/c1-2-3-4-5-13(18-10-17)11-6-8-12(9-7-11)14(15)16/h6-9,13H,2-5H2,1H3,(H3,15,16). The average molecular weight is 247 g/mol. The van der Waals surface area contributed by atoms with Gasteiger partial charge in [-0.15, -0.1) is 0 Å². The van der Waals surface area contributed by atoms with Crippen molar-refractivity contribution >= 4 is 12.3 Å². The molecule has 97 valence electrons. The molecule has 0 fully saturated rings. The van der Waals surface area contributed by atoms with Crippen LogP contribution in [0.5, 0.6) is 0 Å². The maximum Gasteiger partial charge on any atom is 0.418 e. The summed E-state index contributed by atoms with van der Waals surface area (Å²) in [5.41, 5.74) is 6.97. The number of nitrogen functional groups attached to an aromatic ring is 1. The molecule has 0 aliphatic carbocycles. The van der Waals surface area contributed by atoms with Gasteiger partial charge in [-0.1, -0.05) is 44.0 Å². The predicted molar refractivity (Wildman–Crippen MR) is 71.1 cm³/mol. The van der Waals surface area contributed by atoms with E-state index >= 15 is 0 Å². The molecule has 3 N–H and O–H groups in total. The molecule has 1 radical (unpaired) electrons. The summed E-state index contributed by atoms with van der Waals surface area (Å²) in [6.45, 7) is 3.64. The third-order valence-corrected chi connectivity index (χ3v) is 2.85. The van der Waals surface area contributed by atoms with Gasteiger partial charge in [0.2, 0.25) is 0 Å². The first-order chi connectivity index (χ1) is 8.69. The Labute approximate surface area is 108 Å². The molecule has 1 rings (SSSR count). The minimum atomic E-state index is -0.255. The molecule has 0 amide bonds. The number of hydrogen-bond donors (Lipinski definition) is 2. The van der Waals surface area contributed by atoms with Gasteiger partial charge in [-0.25, -0.2) is 4.79 Å². The van der Waals surface area contributed by atoms with E-state index in [1.165, 1.54) is 6.47 Å². The highest BCUT2D eigenvalue weighted by Gasteiger charge is 2.12. The average Bonchev–Trinajstić information content (AvgIpc) is 2.38. The molecule has 0 aromatic heterocycles. The second-order valence-electron chi connectivity index (χ2n) is 4.22. The molecular weight excluding hydrogens is 228 g/mol. The van der Waals surface area contributed by atoms with Crippen molar-refractivity contribution in [3.8, 4) is 0 Å². The van der Waals surface area contributed by atoms with Crippen molar-refractivity contribution in [1.29, 1.82) is 5.41 Å². The van der Waals surface area contributed by atoms with E-state index in [4.69, 9.17) is 15.9 Å². The zero-order valence-electron chi connectivity index (χ0n) is 10.6. The van der Waals surface area contributed by atoms with E-state index in [1.807, 2.05) is 12.1 Å². The zero-order chi connectivity index (χ0) is 13.4. The van der Waals surface area contributed by atoms with Crippen LogP contribution in [0.2, 0.25) is 0 Å². The Bertz CT molecular complexity index is 387. The molecule has 4 heteroatoms. The third kappa shape index (κ3) is 4.20. The Morgan fingerprint density at radius 3 is 2.56 bits per heavy atom. The van der Waals surface area contributed by atoms with Crippen LogP contribution in [0.1, 0.15) is 49.8 Å². The largest absolute Gasteiger partial charge is 0.449 e. The van der Waals surface area contributed by atoms with Crippen LogP contribution in [0.15, 0.2) is 24.3 Å². The van der Waals surface area contributed by atoms with Gasteiger partial charge < -0.3 is 10.5 Å². The van der Waals surface area contributed by atoms with Gasteiger partial charge in [0.25, 0.3) is 0 Å². The molecule has 1 aromatic rings. The molecule has 0 spiro atoms. The Hall–Kier alpha value is -1.84. The van der Waals surface area contributed by atoms with E-state index in [-0.39, 0.29) is 11.9 Å². The van der Waals surface area contributed by atoms with E-state index in [9.17, 15) is 4.79 Å². The molecule has 0 saturated carbocycles. The van der Waals surface area contributed by atoms with Crippen molar-refractivity contribution < 1.29 is 9.53 Å².